The van der Waals surface area contributed by atoms with Gasteiger partial charge < -0.3 is 10.0 Å². The predicted octanol–water partition coefficient (Wildman–Crippen LogP) is 3.20. The minimum absolute atomic E-state index is 0.0198. The molecule has 1 fully saturated rings. The summed E-state index contributed by atoms with van der Waals surface area (Å²) in [6.07, 6.45) is 1.86. The minimum Gasteiger partial charge on any atom is -0.394 e. The van der Waals surface area contributed by atoms with E-state index < -0.39 is 0 Å². The van der Waals surface area contributed by atoms with Gasteiger partial charge in [0.2, 0.25) is 0 Å². The van der Waals surface area contributed by atoms with Gasteiger partial charge >= 0.3 is 0 Å². The molecule has 0 radical (unpaired) electrons. The zero-order chi connectivity index (χ0) is 14.1. The van der Waals surface area contributed by atoms with Crippen LogP contribution in [0, 0.1) is 0 Å². The van der Waals surface area contributed by atoms with Gasteiger partial charge in [-0.1, -0.05) is 28.1 Å². The van der Waals surface area contributed by atoms with Gasteiger partial charge in [-0.25, -0.2) is 0 Å². The van der Waals surface area contributed by atoms with Crippen LogP contribution in [0.4, 0.5) is 0 Å². The lowest BCUT2D eigenvalue weighted by molar-refractivity contribution is 0.0678. The van der Waals surface area contributed by atoms with Crippen LogP contribution < -0.4 is 0 Å². The van der Waals surface area contributed by atoms with Crippen molar-refractivity contribution in [1.82, 2.24) is 4.90 Å². The topological polar surface area (TPSA) is 40.5 Å². The van der Waals surface area contributed by atoms with E-state index in [2.05, 4.69) is 15.9 Å². The van der Waals surface area contributed by atoms with E-state index in [4.69, 9.17) is 0 Å². The van der Waals surface area contributed by atoms with Gasteiger partial charge in [0.1, 0.15) is 0 Å². The largest absolute Gasteiger partial charge is 0.394 e. The Morgan fingerprint density at radius 1 is 1.25 bits per heavy atom. The summed E-state index contributed by atoms with van der Waals surface area (Å²) in [4.78, 5) is 14.3. The number of carbonyl (C=O) groups excluding carboxylic acids is 1. The van der Waals surface area contributed by atoms with Gasteiger partial charge in [0.25, 0.3) is 5.91 Å². The summed E-state index contributed by atoms with van der Waals surface area (Å²) in [5, 5.41) is 11.5. The molecule has 104 valence electrons. The van der Waals surface area contributed by atoms with Crippen LogP contribution in [0.25, 0.3) is 10.8 Å². The second-order valence-corrected chi connectivity index (χ2v) is 6.10. The third kappa shape index (κ3) is 2.45. The Balaban J connectivity index is 1.93. The van der Waals surface area contributed by atoms with Crippen molar-refractivity contribution in [3.8, 4) is 0 Å². The van der Waals surface area contributed by atoms with Crippen LogP contribution in [0.5, 0.6) is 0 Å². The monoisotopic (exact) mass is 333 g/mol. The van der Waals surface area contributed by atoms with Crippen molar-refractivity contribution in [1.29, 1.82) is 0 Å². The maximum atomic E-state index is 12.5. The van der Waals surface area contributed by atoms with Crippen LogP contribution in [-0.4, -0.2) is 35.1 Å². The summed E-state index contributed by atoms with van der Waals surface area (Å²) in [5.74, 6) is 0.0198. The number of aliphatic hydroxyl groups is 1. The molecule has 2 aromatic rings. The summed E-state index contributed by atoms with van der Waals surface area (Å²) in [6.45, 7) is 0.786. The molecule has 1 aliphatic heterocycles. The highest BCUT2D eigenvalue weighted by Crippen LogP contribution is 2.24. The Morgan fingerprint density at radius 2 is 2.00 bits per heavy atom. The molecule has 1 aliphatic rings. The number of benzene rings is 2. The van der Waals surface area contributed by atoms with Crippen LogP contribution in [0.1, 0.15) is 23.2 Å². The van der Waals surface area contributed by atoms with Gasteiger partial charge in [0, 0.05) is 16.6 Å². The van der Waals surface area contributed by atoms with E-state index in [-0.39, 0.29) is 18.6 Å². The van der Waals surface area contributed by atoms with Crippen molar-refractivity contribution in [3.05, 3.63) is 46.4 Å². The van der Waals surface area contributed by atoms with Crippen molar-refractivity contribution in [2.75, 3.05) is 13.2 Å². The summed E-state index contributed by atoms with van der Waals surface area (Å²) in [6, 6.07) is 11.8. The van der Waals surface area contributed by atoms with Crippen LogP contribution >= 0.6 is 15.9 Å². The Bertz CT molecular complexity index is 656. The highest BCUT2D eigenvalue weighted by molar-refractivity contribution is 9.10. The summed E-state index contributed by atoms with van der Waals surface area (Å²) in [5.41, 5.74) is 0.695. The van der Waals surface area contributed by atoms with Crippen LogP contribution in [0.2, 0.25) is 0 Å². The van der Waals surface area contributed by atoms with E-state index in [0.29, 0.717) is 5.56 Å². The summed E-state index contributed by atoms with van der Waals surface area (Å²) < 4.78 is 1.03. The summed E-state index contributed by atoms with van der Waals surface area (Å²) in [7, 11) is 0. The smallest absolute Gasteiger partial charge is 0.254 e. The van der Waals surface area contributed by atoms with Crippen LogP contribution in [-0.2, 0) is 0 Å². The number of amides is 1. The van der Waals surface area contributed by atoms with E-state index in [1.165, 1.54) is 0 Å². The highest BCUT2D eigenvalue weighted by Gasteiger charge is 2.28. The van der Waals surface area contributed by atoms with Crippen molar-refractivity contribution in [2.24, 2.45) is 0 Å². The fourth-order valence-corrected chi connectivity index (χ4v) is 3.19. The molecule has 0 aromatic heterocycles. The second kappa shape index (κ2) is 5.54. The molecule has 1 heterocycles. The maximum Gasteiger partial charge on any atom is 0.254 e. The number of rotatable bonds is 2. The average molecular weight is 334 g/mol. The first-order chi connectivity index (χ1) is 9.69. The quantitative estimate of drug-likeness (QED) is 0.916. The molecule has 0 spiro atoms. The zero-order valence-corrected chi connectivity index (χ0v) is 12.6. The van der Waals surface area contributed by atoms with Gasteiger partial charge in [0.05, 0.1) is 12.6 Å². The van der Waals surface area contributed by atoms with Crippen molar-refractivity contribution in [2.45, 2.75) is 18.9 Å². The zero-order valence-electron chi connectivity index (χ0n) is 11.1. The lowest BCUT2D eigenvalue weighted by atomic mass is 10.1. The Kier molecular flexibility index (Phi) is 3.76. The minimum atomic E-state index is -0.0249. The number of hydrogen-bond donors (Lipinski definition) is 1. The Labute approximate surface area is 126 Å². The van der Waals surface area contributed by atoms with E-state index >= 15 is 0 Å². The molecule has 20 heavy (non-hydrogen) atoms. The van der Waals surface area contributed by atoms with E-state index in [0.717, 1.165) is 34.6 Å². The second-order valence-electron chi connectivity index (χ2n) is 5.18. The van der Waals surface area contributed by atoms with Crippen molar-refractivity contribution < 1.29 is 9.90 Å². The molecule has 0 aliphatic carbocycles. The van der Waals surface area contributed by atoms with E-state index in [1.54, 1.807) is 4.90 Å². The van der Waals surface area contributed by atoms with Crippen molar-refractivity contribution in [3.63, 3.8) is 0 Å². The molecule has 1 atom stereocenters. The number of carbonyl (C=O) groups is 1. The first-order valence-corrected chi connectivity index (χ1v) is 7.59. The molecule has 4 heteroatoms. The fraction of sp³-hybridized carbons (Fsp3) is 0.312. The highest BCUT2D eigenvalue weighted by atomic mass is 79.9. The molecule has 1 N–H and O–H groups in total. The lowest BCUT2D eigenvalue weighted by Gasteiger charge is -2.23. The maximum absolute atomic E-state index is 12.5. The normalized spacial score (nSPS) is 18.7. The van der Waals surface area contributed by atoms with Gasteiger partial charge in [-0.05, 0) is 47.9 Å². The molecular weight excluding hydrogens is 318 g/mol. The number of nitrogens with zero attached hydrogens (tertiary/aromatic N) is 1. The summed E-state index contributed by atoms with van der Waals surface area (Å²) >= 11 is 3.45. The molecule has 1 amide bonds. The molecular formula is C16H16BrNO2. The molecule has 0 saturated carbocycles. The van der Waals surface area contributed by atoms with Gasteiger partial charge in [-0.15, -0.1) is 0 Å². The van der Waals surface area contributed by atoms with Crippen LogP contribution in [0.3, 0.4) is 0 Å². The van der Waals surface area contributed by atoms with Gasteiger partial charge in [-0.3, -0.25) is 4.79 Å². The number of aliphatic hydroxyl groups excluding tert-OH is 1. The molecule has 0 unspecified atom stereocenters. The average Bonchev–Trinajstić information content (AvgIpc) is 2.94. The van der Waals surface area contributed by atoms with Gasteiger partial charge in [0.15, 0.2) is 0 Å². The number of likely N-dealkylation sites (tertiary alicyclic amines) is 1. The Morgan fingerprint density at radius 3 is 2.80 bits per heavy atom. The molecule has 0 bridgehead atoms. The van der Waals surface area contributed by atoms with E-state index in [9.17, 15) is 9.90 Å². The fourth-order valence-electron chi connectivity index (χ4n) is 2.81. The SMILES string of the molecule is O=C(c1ccc2cc(Br)ccc2c1)N1CCC[C@@H]1CO. The third-order valence-electron chi connectivity index (χ3n) is 3.90. The third-order valence-corrected chi connectivity index (χ3v) is 4.39. The first-order valence-electron chi connectivity index (χ1n) is 6.80. The predicted molar refractivity (Wildman–Crippen MR) is 82.8 cm³/mol. The first kappa shape index (κ1) is 13.6. The molecule has 2 aromatic carbocycles. The van der Waals surface area contributed by atoms with Crippen molar-refractivity contribution >= 4 is 32.6 Å². The lowest BCUT2D eigenvalue weighted by Crippen LogP contribution is -2.37. The van der Waals surface area contributed by atoms with Crippen LogP contribution in [0.15, 0.2) is 40.9 Å². The standard InChI is InChI=1S/C16H16BrNO2/c17-14-6-5-11-8-13(4-3-12(11)9-14)16(20)18-7-1-2-15(18)10-19/h3-6,8-9,15,19H,1-2,7,10H2/t15-/m1/s1. The Hall–Kier alpha value is -1.39. The van der Waals surface area contributed by atoms with Gasteiger partial charge in [-0.2, -0.15) is 0 Å². The molecule has 3 nitrogen and oxygen atoms in total. The molecule has 1 saturated heterocycles. The van der Waals surface area contributed by atoms with E-state index in [1.807, 2.05) is 36.4 Å². The number of halogens is 1. The number of hydrogen-bond acceptors (Lipinski definition) is 2. The number of fused-ring (bicyclic) bond motifs is 1. The molecule has 3 rings (SSSR count).